The lowest BCUT2D eigenvalue weighted by Gasteiger charge is -2.13. The van der Waals surface area contributed by atoms with E-state index in [1.165, 1.54) is 17.0 Å². The average molecular weight is 407 g/mol. The predicted molar refractivity (Wildman–Crippen MR) is 107 cm³/mol. The maximum absolute atomic E-state index is 13.4. The number of rotatable bonds is 6. The summed E-state index contributed by atoms with van der Waals surface area (Å²) in [6, 6.07) is 15.9. The standard InChI is InChI=1S/C22H18FN3O4/c23-17-4-1-5-19(13-17)30-21-16(3-2-10-24-21)14-25-20(27)15-6-8-18(9-7-15)26-11-12-29-22(26)28/h1-10,13H,11-12,14H2,(H,25,27). The number of amides is 2. The highest BCUT2D eigenvalue weighted by atomic mass is 19.1. The van der Waals surface area contributed by atoms with Gasteiger partial charge in [0.2, 0.25) is 5.88 Å². The molecule has 0 bridgehead atoms. The molecule has 2 heterocycles. The fourth-order valence-corrected chi connectivity index (χ4v) is 2.99. The van der Waals surface area contributed by atoms with Gasteiger partial charge in [0, 0.05) is 35.6 Å². The number of nitrogens with zero attached hydrogens (tertiary/aromatic N) is 2. The van der Waals surface area contributed by atoms with Gasteiger partial charge in [0.1, 0.15) is 18.2 Å². The molecule has 1 fully saturated rings. The Kier molecular flexibility index (Phi) is 5.56. The van der Waals surface area contributed by atoms with Crippen LogP contribution in [0.15, 0.2) is 66.9 Å². The molecule has 3 aromatic rings. The van der Waals surface area contributed by atoms with E-state index in [-0.39, 0.29) is 18.3 Å². The van der Waals surface area contributed by atoms with E-state index in [4.69, 9.17) is 9.47 Å². The van der Waals surface area contributed by atoms with Gasteiger partial charge in [-0.05, 0) is 42.5 Å². The topological polar surface area (TPSA) is 80.8 Å². The van der Waals surface area contributed by atoms with Gasteiger partial charge in [0.25, 0.3) is 5.91 Å². The average Bonchev–Trinajstić information content (AvgIpc) is 3.19. The number of anilines is 1. The molecular weight excluding hydrogens is 389 g/mol. The molecule has 0 radical (unpaired) electrons. The third-order valence-corrected chi connectivity index (χ3v) is 4.50. The van der Waals surface area contributed by atoms with Crippen molar-refractivity contribution in [3.63, 3.8) is 0 Å². The number of ether oxygens (including phenoxy) is 2. The summed E-state index contributed by atoms with van der Waals surface area (Å²) in [7, 11) is 0. The highest BCUT2D eigenvalue weighted by Crippen LogP contribution is 2.24. The Morgan fingerprint density at radius 1 is 1.17 bits per heavy atom. The van der Waals surface area contributed by atoms with Crippen molar-refractivity contribution in [3.05, 3.63) is 83.8 Å². The van der Waals surface area contributed by atoms with Crippen LogP contribution in [0.25, 0.3) is 0 Å². The molecular formula is C22H18FN3O4. The summed E-state index contributed by atoms with van der Waals surface area (Å²) < 4.78 is 23.9. The summed E-state index contributed by atoms with van der Waals surface area (Å²) in [6.07, 6.45) is 1.16. The third kappa shape index (κ3) is 4.38. The second kappa shape index (κ2) is 8.60. The molecule has 1 N–H and O–H groups in total. The molecule has 4 rings (SSSR count). The minimum atomic E-state index is -0.413. The van der Waals surface area contributed by atoms with E-state index in [2.05, 4.69) is 10.3 Å². The lowest BCUT2D eigenvalue weighted by atomic mass is 10.1. The normalized spacial score (nSPS) is 13.1. The lowest BCUT2D eigenvalue weighted by molar-refractivity contribution is 0.0950. The van der Waals surface area contributed by atoms with Crippen molar-refractivity contribution in [1.82, 2.24) is 10.3 Å². The molecule has 8 heteroatoms. The molecule has 1 aliphatic heterocycles. The first-order chi connectivity index (χ1) is 14.6. The van der Waals surface area contributed by atoms with Crippen LogP contribution < -0.4 is 15.0 Å². The van der Waals surface area contributed by atoms with Crippen LogP contribution in [0.4, 0.5) is 14.9 Å². The second-order valence-corrected chi connectivity index (χ2v) is 6.52. The number of carbonyl (C=O) groups is 2. The molecule has 2 aromatic carbocycles. The van der Waals surface area contributed by atoms with Gasteiger partial charge in [-0.3, -0.25) is 9.69 Å². The number of pyridine rings is 1. The van der Waals surface area contributed by atoms with Gasteiger partial charge >= 0.3 is 6.09 Å². The van der Waals surface area contributed by atoms with Crippen LogP contribution in [0.2, 0.25) is 0 Å². The smallest absolute Gasteiger partial charge is 0.414 e. The summed E-state index contributed by atoms with van der Waals surface area (Å²) in [5.74, 6) is -0.0985. The molecule has 1 saturated heterocycles. The number of aromatic nitrogens is 1. The van der Waals surface area contributed by atoms with Crippen molar-refractivity contribution in [2.75, 3.05) is 18.1 Å². The van der Waals surface area contributed by atoms with Crippen molar-refractivity contribution in [1.29, 1.82) is 0 Å². The van der Waals surface area contributed by atoms with Crippen LogP contribution in [0, 0.1) is 5.82 Å². The molecule has 0 saturated carbocycles. The first-order valence-corrected chi connectivity index (χ1v) is 9.30. The number of hydrogen-bond donors (Lipinski definition) is 1. The number of hydrogen-bond acceptors (Lipinski definition) is 5. The van der Waals surface area contributed by atoms with Crippen LogP contribution in [-0.4, -0.2) is 30.1 Å². The second-order valence-electron chi connectivity index (χ2n) is 6.52. The highest BCUT2D eigenvalue weighted by Gasteiger charge is 2.23. The molecule has 0 atom stereocenters. The van der Waals surface area contributed by atoms with Crippen LogP contribution >= 0.6 is 0 Å². The fraction of sp³-hybridized carbons (Fsp3) is 0.136. The van der Waals surface area contributed by atoms with E-state index < -0.39 is 11.9 Å². The molecule has 0 aliphatic carbocycles. The predicted octanol–water partition coefficient (Wildman–Crippen LogP) is 3.90. The van der Waals surface area contributed by atoms with Crippen LogP contribution in [-0.2, 0) is 11.3 Å². The lowest BCUT2D eigenvalue weighted by Crippen LogP contribution is -2.24. The van der Waals surface area contributed by atoms with E-state index in [1.54, 1.807) is 54.7 Å². The summed E-state index contributed by atoms with van der Waals surface area (Å²) in [5, 5.41) is 2.81. The Bertz CT molecular complexity index is 1070. The Morgan fingerprint density at radius 3 is 2.73 bits per heavy atom. The zero-order valence-corrected chi connectivity index (χ0v) is 15.9. The Hall–Kier alpha value is -3.94. The maximum atomic E-state index is 13.4. The van der Waals surface area contributed by atoms with Crippen molar-refractivity contribution >= 4 is 17.7 Å². The first kappa shape index (κ1) is 19.4. The van der Waals surface area contributed by atoms with E-state index >= 15 is 0 Å². The molecule has 7 nitrogen and oxygen atoms in total. The molecule has 1 aromatic heterocycles. The quantitative estimate of drug-likeness (QED) is 0.670. The van der Waals surface area contributed by atoms with Crippen molar-refractivity contribution < 1.29 is 23.5 Å². The molecule has 152 valence electrons. The van der Waals surface area contributed by atoms with Gasteiger partial charge in [-0.15, -0.1) is 0 Å². The van der Waals surface area contributed by atoms with Gasteiger partial charge in [0.05, 0.1) is 6.54 Å². The minimum Gasteiger partial charge on any atom is -0.447 e. The first-order valence-electron chi connectivity index (χ1n) is 9.30. The van der Waals surface area contributed by atoms with Crippen LogP contribution in [0.5, 0.6) is 11.6 Å². The summed E-state index contributed by atoms with van der Waals surface area (Å²) >= 11 is 0. The van der Waals surface area contributed by atoms with E-state index in [0.717, 1.165) is 0 Å². The summed E-state index contributed by atoms with van der Waals surface area (Å²) in [4.78, 5) is 29.8. The minimum absolute atomic E-state index is 0.178. The van der Waals surface area contributed by atoms with Gasteiger partial charge < -0.3 is 14.8 Å². The number of nitrogens with one attached hydrogen (secondary N) is 1. The van der Waals surface area contributed by atoms with Crippen molar-refractivity contribution in [2.45, 2.75) is 6.54 Å². The van der Waals surface area contributed by atoms with E-state index in [9.17, 15) is 14.0 Å². The highest BCUT2D eigenvalue weighted by molar-refractivity contribution is 5.95. The number of benzene rings is 2. The maximum Gasteiger partial charge on any atom is 0.414 e. The number of cyclic esters (lactones) is 1. The number of carbonyl (C=O) groups excluding carboxylic acids is 2. The Balaban J connectivity index is 1.41. The zero-order valence-electron chi connectivity index (χ0n) is 15.9. The number of halogens is 1. The van der Waals surface area contributed by atoms with Gasteiger partial charge in [0.15, 0.2) is 0 Å². The molecule has 30 heavy (non-hydrogen) atoms. The monoisotopic (exact) mass is 407 g/mol. The molecule has 2 amide bonds. The summed E-state index contributed by atoms with van der Waals surface area (Å²) in [5.41, 5.74) is 1.77. The summed E-state index contributed by atoms with van der Waals surface area (Å²) in [6.45, 7) is 1.02. The zero-order chi connectivity index (χ0) is 20.9. The van der Waals surface area contributed by atoms with Crippen molar-refractivity contribution in [3.8, 4) is 11.6 Å². The van der Waals surface area contributed by atoms with Crippen molar-refractivity contribution in [2.24, 2.45) is 0 Å². The SMILES string of the molecule is O=C(NCc1cccnc1Oc1cccc(F)c1)c1ccc(N2CCOC2=O)cc1. The van der Waals surface area contributed by atoms with Gasteiger partial charge in [-0.2, -0.15) is 0 Å². The van der Waals surface area contributed by atoms with E-state index in [0.29, 0.717) is 35.7 Å². The van der Waals surface area contributed by atoms with Gasteiger partial charge in [-0.25, -0.2) is 14.2 Å². The van der Waals surface area contributed by atoms with Crippen LogP contribution in [0.3, 0.4) is 0 Å². The van der Waals surface area contributed by atoms with Gasteiger partial charge in [-0.1, -0.05) is 12.1 Å². The van der Waals surface area contributed by atoms with E-state index in [1.807, 2.05) is 0 Å². The molecule has 0 unspecified atom stereocenters. The Morgan fingerprint density at radius 2 is 2.00 bits per heavy atom. The Labute approximate surface area is 172 Å². The fourth-order valence-electron chi connectivity index (χ4n) is 2.99. The third-order valence-electron chi connectivity index (χ3n) is 4.50. The largest absolute Gasteiger partial charge is 0.447 e. The molecule has 1 aliphatic rings. The van der Waals surface area contributed by atoms with Crippen LogP contribution in [0.1, 0.15) is 15.9 Å². The molecule has 0 spiro atoms.